The number of aliphatic hydroxyl groups excluding tert-OH is 1. The Kier molecular flexibility index (Phi) is 7.18. The Labute approximate surface area is 113 Å². The molecule has 10 heteroatoms. The van der Waals surface area contributed by atoms with Gasteiger partial charge in [0.1, 0.15) is 18.1 Å². The molecule has 0 aromatic heterocycles. The summed E-state index contributed by atoms with van der Waals surface area (Å²) in [4.78, 5) is 44.1. The van der Waals surface area contributed by atoms with E-state index in [1.54, 1.807) is 0 Å². The molecule has 0 aromatic carbocycles. The number of amides is 2. The van der Waals surface area contributed by atoms with Gasteiger partial charge in [-0.2, -0.15) is 0 Å². The van der Waals surface area contributed by atoms with E-state index in [-0.39, 0.29) is 0 Å². The van der Waals surface area contributed by atoms with E-state index in [1.165, 1.54) is 6.92 Å². The maximum Gasteiger partial charge on any atom is 0.326 e. The number of rotatable bonds is 8. The molecule has 0 aliphatic rings. The lowest BCUT2D eigenvalue weighted by Gasteiger charge is -2.18. The summed E-state index contributed by atoms with van der Waals surface area (Å²) in [5, 5.41) is 30.0. The van der Waals surface area contributed by atoms with Crippen LogP contribution in [0.3, 0.4) is 0 Å². The summed E-state index contributed by atoms with van der Waals surface area (Å²) in [7, 11) is 0. The van der Waals surface area contributed by atoms with E-state index >= 15 is 0 Å². The first-order chi connectivity index (χ1) is 9.18. The van der Waals surface area contributed by atoms with Crippen molar-refractivity contribution in [2.45, 2.75) is 31.5 Å². The molecule has 0 aliphatic carbocycles. The molecule has 0 bridgehead atoms. The molecule has 10 nitrogen and oxygen atoms in total. The fourth-order valence-electron chi connectivity index (χ4n) is 1.14. The summed E-state index contributed by atoms with van der Waals surface area (Å²) in [6.07, 6.45) is -0.794. The summed E-state index contributed by atoms with van der Waals surface area (Å²) in [5.74, 6) is -4.57. The van der Waals surface area contributed by atoms with Gasteiger partial charge >= 0.3 is 11.9 Å². The highest BCUT2D eigenvalue weighted by atomic mass is 16.4. The van der Waals surface area contributed by atoms with Crippen LogP contribution in [0.25, 0.3) is 0 Å². The minimum absolute atomic E-state index is 0.614. The Balaban J connectivity index is 4.53. The van der Waals surface area contributed by atoms with Gasteiger partial charge in [-0.25, -0.2) is 4.79 Å². The summed E-state index contributed by atoms with van der Waals surface area (Å²) in [5.41, 5.74) is 5.21. The van der Waals surface area contributed by atoms with Crippen LogP contribution in [0, 0.1) is 0 Å². The van der Waals surface area contributed by atoms with Crippen molar-refractivity contribution in [3.8, 4) is 0 Å². The number of hydrogen-bond acceptors (Lipinski definition) is 6. The minimum Gasteiger partial charge on any atom is -0.481 e. The zero-order chi connectivity index (χ0) is 15.9. The van der Waals surface area contributed by atoms with Crippen molar-refractivity contribution in [2.75, 3.05) is 6.61 Å². The van der Waals surface area contributed by atoms with Gasteiger partial charge in [0.05, 0.1) is 13.0 Å². The van der Waals surface area contributed by atoms with Crippen LogP contribution in [0.1, 0.15) is 13.3 Å². The third-order valence-corrected chi connectivity index (χ3v) is 2.28. The summed E-state index contributed by atoms with van der Waals surface area (Å²) in [6.45, 7) is 0.647. The number of carbonyl (C=O) groups is 4. The first-order valence-electron chi connectivity index (χ1n) is 5.60. The Bertz CT molecular complexity index is 398. The van der Waals surface area contributed by atoms with Crippen LogP contribution in [0.5, 0.6) is 0 Å². The largest absolute Gasteiger partial charge is 0.481 e. The number of nitrogens with one attached hydrogen (secondary N) is 2. The molecule has 0 aromatic rings. The van der Waals surface area contributed by atoms with Crippen molar-refractivity contribution >= 4 is 23.8 Å². The number of aliphatic hydroxyl groups is 1. The summed E-state index contributed by atoms with van der Waals surface area (Å²) < 4.78 is 0. The number of carboxylic acids is 2. The highest BCUT2D eigenvalue weighted by molar-refractivity contribution is 5.92. The molecule has 0 aliphatic heterocycles. The van der Waals surface area contributed by atoms with E-state index in [9.17, 15) is 19.2 Å². The van der Waals surface area contributed by atoms with Gasteiger partial charge in [0.15, 0.2) is 0 Å². The van der Waals surface area contributed by atoms with Crippen LogP contribution >= 0.6 is 0 Å². The Hall–Kier alpha value is -2.20. The van der Waals surface area contributed by atoms with Crippen LogP contribution in [0.4, 0.5) is 0 Å². The molecule has 7 N–H and O–H groups in total. The second-order valence-corrected chi connectivity index (χ2v) is 4.02. The van der Waals surface area contributed by atoms with Gasteiger partial charge in [0.25, 0.3) is 0 Å². The van der Waals surface area contributed by atoms with Gasteiger partial charge < -0.3 is 31.7 Å². The molecule has 0 saturated heterocycles. The minimum atomic E-state index is -1.61. The van der Waals surface area contributed by atoms with Crippen LogP contribution in [0.2, 0.25) is 0 Å². The molecular formula is C10H17N3O7. The lowest BCUT2D eigenvalue weighted by Crippen LogP contribution is -2.54. The zero-order valence-electron chi connectivity index (χ0n) is 10.7. The number of carboxylic acid groups (broad SMARTS) is 2. The topological polar surface area (TPSA) is 179 Å². The van der Waals surface area contributed by atoms with E-state index in [0.29, 0.717) is 0 Å². The Morgan fingerprint density at radius 3 is 2.05 bits per heavy atom. The Morgan fingerprint density at radius 2 is 1.65 bits per heavy atom. The van der Waals surface area contributed by atoms with Gasteiger partial charge in [-0.15, -0.1) is 0 Å². The van der Waals surface area contributed by atoms with Crippen molar-refractivity contribution < 1.29 is 34.5 Å². The third-order valence-electron chi connectivity index (χ3n) is 2.28. The van der Waals surface area contributed by atoms with Crippen LogP contribution < -0.4 is 16.4 Å². The average Bonchev–Trinajstić information content (AvgIpc) is 2.35. The molecule has 0 radical (unpaired) electrons. The number of hydrogen-bond donors (Lipinski definition) is 6. The van der Waals surface area contributed by atoms with Crippen LogP contribution in [0.15, 0.2) is 0 Å². The lowest BCUT2D eigenvalue weighted by atomic mass is 10.2. The second kappa shape index (κ2) is 8.07. The molecule has 0 unspecified atom stereocenters. The van der Waals surface area contributed by atoms with Gasteiger partial charge in [-0.3, -0.25) is 14.4 Å². The van der Waals surface area contributed by atoms with Gasteiger partial charge in [-0.05, 0) is 6.92 Å². The maximum absolute atomic E-state index is 11.6. The van der Waals surface area contributed by atoms with E-state index in [0.717, 1.165) is 0 Å². The monoisotopic (exact) mass is 291 g/mol. The van der Waals surface area contributed by atoms with E-state index in [4.69, 9.17) is 21.1 Å². The molecule has 0 saturated carbocycles. The van der Waals surface area contributed by atoms with Crippen LogP contribution in [-0.4, -0.2) is 63.8 Å². The molecule has 0 spiro atoms. The van der Waals surface area contributed by atoms with Crippen molar-refractivity contribution in [3.63, 3.8) is 0 Å². The molecule has 20 heavy (non-hydrogen) atoms. The fourth-order valence-corrected chi connectivity index (χ4v) is 1.14. The predicted molar refractivity (Wildman–Crippen MR) is 64.5 cm³/mol. The van der Waals surface area contributed by atoms with Crippen molar-refractivity contribution in [1.29, 1.82) is 0 Å². The molecule has 0 heterocycles. The van der Waals surface area contributed by atoms with E-state index in [2.05, 4.69) is 5.32 Å². The first-order valence-corrected chi connectivity index (χ1v) is 5.60. The molecule has 0 fully saturated rings. The predicted octanol–water partition coefficient (Wildman–Crippen LogP) is -3.15. The van der Waals surface area contributed by atoms with Crippen LogP contribution in [-0.2, 0) is 19.2 Å². The molecular weight excluding hydrogens is 274 g/mol. The fraction of sp³-hybridized carbons (Fsp3) is 0.600. The zero-order valence-corrected chi connectivity index (χ0v) is 10.7. The highest BCUT2D eigenvalue weighted by Crippen LogP contribution is 1.95. The van der Waals surface area contributed by atoms with Crippen molar-refractivity contribution in [3.05, 3.63) is 0 Å². The molecule has 3 atom stereocenters. The molecule has 114 valence electrons. The lowest BCUT2D eigenvalue weighted by molar-refractivity contribution is -0.147. The highest BCUT2D eigenvalue weighted by Gasteiger charge is 2.26. The second-order valence-electron chi connectivity index (χ2n) is 4.02. The normalized spacial score (nSPS) is 14.8. The maximum atomic E-state index is 11.6. The van der Waals surface area contributed by atoms with Gasteiger partial charge in [0.2, 0.25) is 11.8 Å². The summed E-state index contributed by atoms with van der Waals surface area (Å²) >= 11 is 0. The number of carbonyl (C=O) groups excluding carboxylic acids is 2. The number of nitrogens with two attached hydrogens (primary N) is 1. The Morgan fingerprint density at radius 1 is 1.10 bits per heavy atom. The smallest absolute Gasteiger partial charge is 0.326 e. The SMILES string of the molecule is C[C@H](NC(=O)[C@@H](N)CO)C(=O)N[C@@H](CC(=O)O)C(=O)O. The van der Waals surface area contributed by atoms with E-state index in [1.807, 2.05) is 5.32 Å². The first kappa shape index (κ1) is 17.8. The standard InChI is InChI=1S/C10H17N3O7/c1-4(12-9(18)5(11)3-14)8(17)13-6(10(19)20)2-7(15)16/h4-6,14H,2-3,11H2,1H3,(H,12,18)(H,13,17)(H,15,16)(H,19,20)/t4-,5-,6-/m0/s1. The third kappa shape index (κ3) is 6.11. The van der Waals surface area contributed by atoms with Gasteiger partial charge in [-0.1, -0.05) is 0 Å². The van der Waals surface area contributed by atoms with Crippen molar-refractivity contribution in [1.82, 2.24) is 10.6 Å². The van der Waals surface area contributed by atoms with Gasteiger partial charge in [0, 0.05) is 0 Å². The van der Waals surface area contributed by atoms with Crippen molar-refractivity contribution in [2.24, 2.45) is 5.73 Å². The number of aliphatic carboxylic acids is 2. The molecule has 2 amide bonds. The average molecular weight is 291 g/mol. The quantitative estimate of drug-likeness (QED) is 0.271. The molecule has 0 rings (SSSR count). The van der Waals surface area contributed by atoms with E-state index < -0.39 is 54.9 Å². The summed E-state index contributed by atoms with van der Waals surface area (Å²) in [6, 6.07) is -3.94.